The average Bonchev–Trinajstić information content (AvgIpc) is 3.41. The molecule has 9 nitrogen and oxygen atoms in total. The summed E-state index contributed by atoms with van der Waals surface area (Å²) < 4.78 is 6.97. The number of esters is 1. The first-order chi connectivity index (χ1) is 14.7. The first-order valence-corrected chi connectivity index (χ1v) is 11.3. The summed E-state index contributed by atoms with van der Waals surface area (Å²) >= 11 is 1.37. The summed E-state index contributed by atoms with van der Waals surface area (Å²) in [5, 5.41) is 9.69. The Labute approximate surface area is 184 Å². The number of thiazole rings is 1. The summed E-state index contributed by atoms with van der Waals surface area (Å²) in [4.78, 5) is 43.2. The van der Waals surface area contributed by atoms with Crippen LogP contribution in [0, 0.1) is 11.8 Å². The van der Waals surface area contributed by atoms with Crippen LogP contribution >= 0.6 is 11.3 Å². The molecule has 0 aliphatic carbocycles. The zero-order valence-corrected chi connectivity index (χ0v) is 18.8. The molecule has 166 valence electrons. The molecule has 2 aliphatic rings. The topological polar surface area (TPSA) is 106 Å². The highest BCUT2D eigenvalue weighted by atomic mass is 32.1. The van der Waals surface area contributed by atoms with E-state index in [1.807, 2.05) is 10.3 Å². The van der Waals surface area contributed by atoms with Gasteiger partial charge in [-0.3, -0.25) is 24.4 Å². The summed E-state index contributed by atoms with van der Waals surface area (Å²) in [5.41, 5.74) is 0.565. The maximum absolute atomic E-state index is 12.9. The Bertz CT molecular complexity index is 976. The number of hydrogen-bond acceptors (Lipinski definition) is 7. The first kappa shape index (κ1) is 21.5. The molecule has 0 aromatic carbocycles. The fourth-order valence-electron chi connectivity index (χ4n) is 4.38. The molecule has 31 heavy (non-hydrogen) atoms. The van der Waals surface area contributed by atoms with Crippen LogP contribution in [0.15, 0.2) is 17.8 Å². The standard InChI is InChI=1S/C21H27N5O4S/c1-21(2)15(11-17(27)30-21)19(29)26-7-4-13(5-8-26)10-16-14(12-25(3)24-16)18(28)23-20-22-6-9-31-20/h6,9,12-13,15H,4-5,7-8,10-11H2,1-3H3,(H,22,23,28)/t15-/m1/s1. The molecule has 0 spiro atoms. The van der Waals surface area contributed by atoms with E-state index in [0.29, 0.717) is 36.1 Å². The van der Waals surface area contributed by atoms with Crippen molar-refractivity contribution in [2.45, 2.75) is 45.1 Å². The van der Waals surface area contributed by atoms with E-state index in [9.17, 15) is 14.4 Å². The van der Waals surface area contributed by atoms with Crippen LogP contribution in [-0.2, 0) is 27.8 Å². The number of cyclic esters (lactones) is 1. The predicted octanol–water partition coefficient (Wildman–Crippen LogP) is 2.25. The van der Waals surface area contributed by atoms with Gasteiger partial charge in [0, 0.05) is 37.9 Å². The summed E-state index contributed by atoms with van der Waals surface area (Å²) in [6.07, 6.45) is 5.87. The molecule has 0 saturated carbocycles. The molecule has 2 aromatic rings. The molecule has 1 N–H and O–H groups in total. The molecule has 2 fully saturated rings. The van der Waals surface area contributed by atoms with E-state index < -0.39 is 11.5 Å². The molecule has 4 rings (SSSR count). The number of piperidine rings is 1. The summed E-state index contributed by atoms with van der Waals surface area (Å²) in [6.45, 7) is 4.87. The van der Waals surface area contributed by atoms with Crippen molar-refractivity contribution in [3.63, 3.8) is 0 Å². The van der Waals surface area contributed by atoms with E-state index in [-0.39, 0.29) is 24.2 Å². The zero-order valence-electron chi connectivity index (χ0n) is 18.0. The van der Waals surface area contributed by atoms with Gasteiger partial charge in [0.25, 0.3) is 5.91 Å². The second-order valence-corrected chi connectivity index (χ2v) is 9.66. The third-order valence-electron chi connectivity index (χ3n) is 6.10. The molecular formula is C21H27N5O4S. The van der Waals surface area contributed by atoms with Crippen LogP contribution in [0.4, 0.5) is 5.13 Å². The summed E-state index contributed by atoms with van der Waals surface area (Å²) in [7, 11) is 1.80. The SMILES string of the molecule is Cn1cc(C(=O)Nc2nccs2)c(CC2CCN(C(=O)[C@H]3CC(=O)OC3(C)C)CC2)n1. The Hall–Kier alpha value is -2.75. The molecule has 2 aliphatic heterocycles. The number of aromatic nitrogens is 3. The van der Waals surface area contributed by atoms with Crippen molar-refractivity contribution >= 4 is 34.3 Å². The number of rotatable bonds is 5. The Kier molecular flexibility index (Phi) is 5.83. The second-order valence-electron chi connectivity index (χ2n) is 8.76. The normalized spacial score (nSPS) is 21.2. The number of nitrogens with zero attached hydrogens (tertiary/aromatic N) is 4. The Balaban J connectivity index is 1.36. The largest absolute Gasteiger partial charge is 0.459 e. The van der Waals surface area contributed by atoms with Crippen molar-refractivity contribution in [3.8, 4) is 0 Å². The monoisotopic (exact) mass is 445 g/mol. The smallest absolute Gasteiger partial charge is 0.307 e. The first-order valence-electron chi connectivity index (χ1n) is 10.5. The van der Waals surface area contributed by atoms with Crippen molar-refractivity contribution in [3.05, 3.63) is 29.0 Å². The highest BCUT2D eigenvalue weighted by Gasteiger charge is 2.47. The lowest BCUT2D eigenvalue weighted by molar-refractivity contribution is -0.149. The van der Waals surface area contributed by atoms with Gasteiger partial charge in [-0.1, -0.05) is 0 Å². The number of hydrogen-bond donors (Lipinski definition) is 1. The minimum absolute atomic E-state index is 0.00403. The summed E-state index contributed by atoms with van der Waals surface area (Å²) in [6, 6.07) is 0. The van der Waals surface area contributed by atoms with E-state index in [2.05, 4.69) is 15.4 Å². The number of ether oxygens (including phenoxy) is 1. The van der Waals surface area contributed by atoms with Gasteiger partial charge in [0.05, 0.1) is 23.6 Å². The molecule has 1 atom stereocenters. The Morgan fingerprint density at radius 3 is 2.68 bits per heavy atom. The Morgan fingerprint density at radius 2 is 2.06 bits per heavy atom. The molecule has 0 bridgehead atoms. The lowest BCUT2D eigenvalue weighted by atomic mass is 9.87. The minimum Gasteiger partial charge on any atom is -0.459 e. The maximum atomic E-state index is 12.9. The molecule has 2 saturated heterocycles. The van der Waals surface area contributed by atoms with Gasteiger partial charge < -0.3 is 9.64 Å². The number of carbonyl (C=O) groups is 3. The molecule has 4 heterocycles. The number of aryl methyl sites for hydroxylation is 1. The van der Waals surface area contributed by atoms with Crippen molar-refractivity contribution in [1.29, 1.82) is 0 Å². The number of amides is 2. The number of anilines is 1. The lowest BCUT2D eigenvalue weighted by Gasteiger charge is -2.35. The number of carbonyl (C=O) groups excluding carboxylic acids is 3. The zero-order chi connectivity index (χ0) is 22.2. The molecule has 0 unspecified atom stereocenters. The third-order valence-corrected chi connectivity index (χ3v) is 6.78. The van der Waals surface area contributed by atoms with Gasteiger partial charge in [-0.05, 0) is 39.0 Å². The van der Waals surface area contributed by atoms with Crippen LogP contribution < -0.4 is 5.32 Å². The third kappa shape index (κ3) is 4.63. The van der Waals surface area contributed by atoms with Gasteiger partial charge in [-0.25, -0.2) is 4.98 Å². The van der Waals surface area contributed by atoms with Crippen molar-refractivity contribution in [2.24, 2.45) is 18.9 Å². The summed E-state index contributed by atoms with van der Waals surface area (Å²) in [5.74, 6) is -0.611. The number of nitrogens with one attached hydrogen (secondary N) is 1. The van der Waals surface area contributed by atoms with Gasteiger partial charge in [0.15, 0.2) is 5.13 Å². The van der Waals surface area contributed by atoms with Crippen LogP contribution in [0.2, 0.25) is 0 Å². The molecule has 0 radical (unpaired) electrons. The fraction of sp³-hybridized carbons (Fsp3) is 0.571. The fourth-order valence-corrected chi connectivity index (χ4v) is 4.90. The molecule has 2 aromatic heterocycles. The molecule has 2 amide bonds. The van der Waals surface area contributed by atoms with Crippen LogP contribution in [0.1, 0.15) is 49.2 Å². The van der Waals surface area contributed by atoms with Crippen molar-refractivity contribution in [1.82, 2.24) is 19.7 Å². The van der Waals surface area contributed by atoms with E-state index in [1.165, 1.54) is 11.3 Å². The highest BCUT2D eigenvalue weighted by molar-refractivity contribution is 7.13. The lowest BCUT2D eigenvalue weighted by Crippen LogP contribution is -2.46. The van der Waals surface area contributed by atoms with Crippen LogP contribution in [0.25, 0.3) is 0 Å². The second kappa shape index (κ2) is 8.41. The Morgan fingerprint density at radius 1 is 1.32 bits per heavy atom. The average molecular weight is 446 g/mol. The van der Waals surface area contributed by atoms with Gasteiger partial charge in [-0.2, -0.15) is 5.10 Å². The van der Waals surface area contributed by atoms with Crippen LogP contribution in [0.3, 0.4) is 0 Å². The maximum Gasteiger partial charge on any atom is 0.307 e. The molecular weight excluding hydrogens is 418 g/mol. The van der Waals surface area contributed by atoms with E-state index in [0.717, 1.165) is 18.5 Å². The van der Waals surface area contributed by atoms with E-state index >= 15 is 0 Å². The van der Waals surface area contributed by atoms with Gasteiger partial charge in [0.2, 0.25) is 5.91 Å². The van der Waals surface area contributed by atoms with Crippen molar-refractivity contribution < 1.29 is 19.1 Å². The molecule has 10 heteroatoms. The van der Waals surface area contributed by atoms with Gasteiger partial charge in [-0.15, -0.1) is 11.3 Å². The van der Waals surface area contributed by atoms with E-state index in [4.69, 9.17) is 4.74 Å². The van der Waals surface area contributed by atoms with Crippen molar-refractivity contribution in [2.75, 3.05) is 18.4 Å². The quantitative estimate of drug-likeness (QED) is 0.708. The van der Waals surface area contributed by atoms with Gasteiger partial charge >= 0.3 is 5.97 Å². The predicted molar refractivity (Wildman–Crippen MR) is 115 cm³/mol. The van der Waals surface area contributed by atoms with Crippen LogP contribution in [0.5, 0.6) is 0 Å². The highest BCUT2D eigenvalue weighted by Crippen LogP contribution is 2.35. The number of likely N-dealkylation sites (tertiary alicyclic amines) is 1. The van der Waals surface area contributed by atoms with Crippen LogP contribution in [-0.4, -0.2) is 56.1 Å². The van der Waals surface area contributed by atoms with Gasteiger partial charge in [0.1, 0.15) is 5.60 Å². The van der Waals surface area contributed by atoms with E-state index in [1.54, 1.807) is 38.0 Å². The minimum atomic E-state index is -0.751.